The van der Waals surface area contributed by atoms with Gasteiger partial charge in [0.05, 0.1) is 30.4 Å². The van der Waals surface area contributed by atoms with Gasteiger partial charge >= 0.3 is 12.1 Å². The van der Waals surface area contributed by atoms with Crippen molar-refractivity contribution >= 4 is 17.8 Å². The number of piperidine rings is 1. The van der Waals surface area contributed by atoms with Crippen LogP contribution in [0.2, 0.25) is 0 Å². The van der Waals surface area contributed by atoms with E-state index in [1.807, 2.05) is 6.07 Å². The number of esters is 1. The minimum atomic E-state index is -0.949. The van der Waals surface area contributed by atoms with Gasteiger partial charge in [-0.1, -0.05) is 6.07 Å². The summed E-state index contributed by atoms with van der Waals surface area (Å²) in [4.78, 5) is 41.7. The maximum absolute atomic E-state index is 12.9. The van der Waals surface area contributed by atoms with Crippen LogP contribution in [0.3, 0.4) is 0 Å². The van der Waals surface area contributed by atoms with Gasteiger partial charge in [0.15, 0.2) is 5.78 Å². The molecule has 2 aromatic rings. The van der Waals surface area contributed by atoms with Crippen molar-refractivity contribution in [3.63, 3.8) is 0 Å². The Balaban J connectivity index is 1.62. The van der Waals surface area contributed by atoms with E-state index >= 15 is 0 Å². The first-order chi connectivity index (χ1) is 14.3. The molecule has 0 aliphatic carbocycles. The minimum Gasteiger partial charge on any atom is -0.486 e. The third-order valence-corrected chi connectivity index (χ3v) is 5.86. The number of amides is 1. The molecule has 8 nitrogen and oxygen atoms in total. The number of hydrogen-bond acceptors (Lipinski definition) is 6. The van der Waals surface area contributed by atoms with Crippen molar-refractivity contribution in [2.75, 3.05) is 20.2 Å². The number of benzene rings is 1. The van der Waals surface area contributed by atoms with Gasteiger partial charge in [0, 0.05) is 37.7 Å². The minimum absolute atomic E-state index is 0.0323. The summed E-state index contributed by atoms with van der Waals surface area (Å²) in [6.07, 6.45) is 1.89. The average Bonchev–Trinajstić information content (AvgIpc) is 2.73. The maximum Gasteiger partial charge on any atom is 0.407 e. The van der Waals surface area contributed by atoms with Crippen LogP contribution in [0.5, 0.6) is 5.75 Å². The van der Waals surface area contributed by atoms with Crippen molar-refractivity contribution in [2.24, 2.45) is 0 Å². The molecule has 1 aromatic heterocycles. The highest BCUT2D eigenvalue weighted by atomic mass is 16.5. The second kappa shape index (κ2) is 7.44. The van der Waals surface area contributed by atoms with E-state index in [0.717, 1.165) is 5.56 Å². The normalized spacial score (nSPS) is 17.3. The molecule has 1 saturated heterocycles. The molecule has 0 saturated carbocycles. The molecule has 0 bridgehead atoms. The first-order valence-electron chi connectivity index (χ1n) is 9.71. The van der Waals surface area contributed by atoms with Crippen molar-refractivity contribution in [1.82, 2.24) is 9.88 Å². The number of carbonyl (C=O) groups is 3. The Labute approximate surface area is 173 Å². The zero-order valence-corrected chi connectivity index (χ0v) is 16.8. The number of aromatic nitrogens is 1. The molecule has 8 heteroatoms. The Kier molecular flexibility index (Phi) is 4.93. The molecule has 1 fully saturated rings. The summed E-state index contributed by atoms with van der Waals surface area (Å²) in [7, 11) is 1.32. The molecule has 30 heavy (non-hydrogen) atoms. The number of carboxylic acid groups (broad SMARTS) is 1. The van der Waals surface area contributed by atoms with Crippen molar-refractivity contribution in [3.8, 4) is 16.9 Å². The molecule has 1 amide bonds. The van der Waals surface area contributed by atoms with E-state index < -0.39 is 17.7 Å². The Morgan fingerprint density at radius 1 is 1.20 bits per heavy atom. The van der Waals surface area contributed by atoms with Crippen molar-refractivity contribution in [2.45, 2.75) is 31.8 Å². The molecular formula is C22H22N2O6. The first kappa shape index (κ1) is 19.9. The largest absolute Gasteiger partial charge is 0.486 e. The Bertz CT molecular complexity index is 1040. The second-order valence-corrected chi connectivity index (χ2v) is 7.71. The zero-order chi connectivity index (χ0) is 21.5. The second-order valence-electron chi connectivity index (χ2n) is 7.71. The molecule has 2 aliphatic rings. The van der Waals surface area contributed by atoms with Gasteiger partial charge in [-0.3, -0.25) is 9.78 Å². The van der Waals surface area contributed by atoms with Gasteiger partial charge in [-0.15, -0.1) is 0 Å². The predicted octanol–water partition coefficient (Wildman–Crippen LogP) is 3.32. The van der Waals surface area contributed by atoms with Gasteiger partial charge in [-0.05, 0) is 30.7 Å². The summed E-state index contributed by atoms with van der Waals surface area (Å²) in [6, 6.07) is 7.03. The fourth-order valence-electron chi connectivity index (χ4n) is 4.07. The Morgan fingerprint density at radius 2 is 1.93 bits per heavy atom. The molecule has 156 valence electrons. The molecule has 0 atom stereocenters. The van der Waals surface area contributed by atoms with Gasteiger partial charge in [0.1, 0.15) is 11.4 Å². The number of methoxy groups -OCH3 is 1. The van der Waals surface area contributed by atoms with Crippen LogP contribution >= 0.6 is 0 Å². The molecule has 0 unspecified atom stereocenters. The summed E-state index contributed by atoms with van der Waals surface area (Å²) < 4.78 is 11.0. The van der Waals surface area contributed by atoms with Crippen molar-refractivity contribution in [3.05, 3.63) is 47.3 Å². The molecule has 1 spiro atoms. The number of nitrogens with zero attached hydrogens (tertiary/aromatic N) is 2. The fraction of sp³-hybridized carbons (Fsp3) is 0.364. The quantitative estimate of drug-likeness (QED) is 0.757. The maximum atomic E-state index is 12.9. The van der Waals surface area contributed by atoms with Crippen LogP contribution in [-0.4, -0.2) is 58.6 Å². The van der Waals surface area contributed by atoms with E-state index in [-0.39, 0.29) is 12.2 Å². The molecule has 3 heterocycles. The summed E-state index contributed by atoms with van der Waals surface area (Å²) in [5.74, 6) is 0.0102. The molecular weight excluding hydrogens is 388 g/mol. The van der Waals surface area contributed by atoms with E-state index in [4.69, 9.17) is 14.6 Å². The topological polar surface area (TPSA) is 106 Å². The third kappa shape index (κ3) is 3.49. The number of carbonyl (C=O) groups excluding carboxylic acids is 2. The van der Waals surface area contributed by atoms with E-state index in [2.05, 4.69) is 4.98 Å². The van der Waals surface area contributed by atoms with Crippen LogP contribution in [0.15, 0.2) is 30.5 Å². The monoisotopic (exact) mass is 410 g/mol. The average molecular weight is 410 g/mol. The number of ketones is 1. The summed E-state index contributed by atoms with van der Waals surface area (Å²) in [5.41, 5.74) is 2.23. The number of ether oxygens (including phenoxy) is 2. The van der Waals surface area contributed by atoms with Gasteiger partial charge in [-0.25, -0.2) is 9.59 Å². The summed E-state index contributed by atoms with van der Waals surface area (Å²) in [6.45, 7) is 2.43. The molecule has 4 rings (SSSR count). The highest BCUT2D eigenvalue weighted by Gasteiger charge is 2.43. The number of hydrogen-bond donors (Lipinski definition) is 1. The highest BCUT2D eigenvalue weighted by Crippen LogP contribution is 2.40. The summed E-state index contributed by atoms with van der Waals surface area (Å²) >= 11 is 0. The van der Waals surface area contributed by atoms with Gasteiger partial charge in [-0.2, -0.15) is 0 Å². The predicted molar refractivity (Wildman–Crippen MR) is 107 cm³/mol. The van der Waals surface area contributed by atoms with Crippen LogP contribution < -0.4 is 4.74 Å². The third-order valence-electron chi connectivity index (χ3n) is 5.86. The van der Waals surface area contributed by atoms with Crippen LogP contribution in [0, 0.1) is 6.92 Å². The lowest BCUT2D eigenvalue weighted by atomic mass is 9.82. The Morgan fingerprint density at radius 3 is 2.60 bits per heavy atom. The Hall–Kier alpha value is -3.42. The number of likely N-dealkylation sites (tertiary alicyclic amines) is 1. The number of aryl methyl sites for hydroxylation is 1. The molecule has 2 aliphatic heterocycles. The smallest absolute Gasteiger partial charge is 0.407 e. The van der Waals surface area contributed by atoms with E-state index in [1.165, 1.54) is 12.0 Å². The number of rotatable bonds is 2. The number of fused-ring (bicyclic) bond motifs is 1. The van der Waals surface area contributed by atoms with Crippen molar-refractivity contribution < 1.29 is 29.0 Å². The van der Waals surface area contributed by atoms with Crippen LogP contribution in [0.4, 0.5) is 4.79 Å². The van der Waals surface area contributed by atoms with Gasteiger partial charge < -0.3 is 19.5 Å². The molecule has 1 N–H and O–H groups in total. The lowest BCUT2D eigenvalue weighted by Gasteiger charge is -2.43. The number of Topliss-reactive ketones (excluding diaryl/α,β-unsaturated/α-hetero) is 1. The van der Waals surface area contributed by atoms with E-state index in [1.54, 1.807) is 31.3 Å². The number of pyridine rings is 1. The lowest BCUT2D eigenvalue weighted by Crippen LogP contribution is -2.52. The standard InChI is InChI=1S/C22H22N2O6/c1-13-16(20(26)29-2)10-15(12-23-13)14-3-4-19-17(9-14)18(25)11-22(30-19)5-7-24(8-6-22)21(27)28/h3-4,9-10,12H,5-8,11H2,1-2H3,(H,27,28). The highest BCUT2D eigenvalue weighted by molar-refractivity contribution is 6.01. The van der Waals surface area contributed by atoms with Crippen molar-refractivity contribution in [1.29, 1.82) is 0 Å². The first-order valence-corrected chi connectivity index (χ1v) is 9.71. The van der Waals surface area contributed by atoms with Gasteiger partial charge in [0.2, 0.25) is 0 Å². The summed E-state index contributed by atoms with van der Waals surface area (Å²) in [5, 5.41) is 9.14. The zero-order valence-electron chi connectivity index (χ0n) is 16.8. The van der Waals surface area contributed by atoms with Crippen LogP contribution in [0.25, 0.3) is 11.1 Å². The SMILES string of the molecule is COC(=O)c1cc(-c2ccc3c(c2)C(=O)CC2(CCN(C(=O)O)CC2)O3)cnc1C. The van der Waals surface area contributed by atoms with E-state index in [0.29, 0.717) is 54.1 Å². The molecule has 0 radical (unpaired) electrons. The lowest BCUT2D eigenvalue weighted by molar-refractivity contribution is -0.00520. The van der Waals surface area contributed by atoms with E-state index in [9.17, 15) is 14.4 Å². The fourth-order valence-corrected chi connectivity index (χ4v) is 4.07. The van der Waals surface area contributed by atoms with Gasteiger partial charge in [0.25, 0.3) is 0 Å². The van der Waals surface area contributed by atoms with Crippen LogP contribution in [0.1, 0.15) is 45.7 Å². The van der Waals surface area contributed by atoms with Crippen LogP contribution in [-0.2, 0) is 4.74 Å². The molecule has 1 aromatic carbocycles.